The summed E-state index contributed by atoms with van der Waals surface area (Å²) < 4.78 is 5.89. The third-order valence-electron chi connectivity index (χ3n) is 3.31. The van der Waals surface area contributed by atoms with Crippen molar-refractivity contribution in [1.29, 1.82) is 0 Å². The van der Waals surface area contributed by atoms with Crippen molar-refractivity contribution in [2.45, 2.75) is 19.9 Å². The van der Waals surface area contributed by atoms with Gasteiger partial charge in [-0.3, -0.25) is 0 Å². The van der Waals surface area contributed by atoms with E-state index in [1.807, 2.05) is 61.5 Å². The highest BCUT2D eigenvalue weighted by Crippen LogP contribution is 2.33. The number of carbonyl (C=O) groups is 1. The van der Waals surface area contributed by atoms with Crippen LogP contribution in [0.25, 0.3) is 0 Å². The molecule has 0 saturated heterocycles. The fraction of sp³-hybridized carbons (Fsp3) is 0.235. The zero-order chi connectivity index (χ0) is 15.2. The molecule has 0 fully saturated rings. The Morgan fingerprint density at radius 3 is 2.38 bits per heavy atom. The summed E-state index contributed by atoms with van der Waals surface area (Å²) in [5, 5.41) is 9.24. The highest BCUT2D eigenvalue weighted by molar-refractivity contribution is 5.79. The van der Waals surface area contributed by atoms with Crippen LogP contribution in [-0.4, -0.2) is 23.7 Å². The summed E-state index contributed by atoms with van der Waals surface area (Å²) in [6, 6.07) is 16.3. The molecule has 2 rings (SSSR count). The van der Waals surface area contributed by atoms with Gasteiger partial charge in [-0.05, 0) is 38.1 Å². The lowest BCUT2D eigenvalue weighted by Gasteiger charge is -2.28. The van der Waals surface area contributed by atoms with E-state index in [9.17, 15) is 9.90 Å². The molecule has 0 heterocycles. The molecular formula is C17H19NO3. The average molecular weight is 285 g/mol. The highest BCUT2D eigenvalue weighted by atomic mass is 16.5. The molecule has 110 valence electrons. The Labute approximate surface area is 124 Å². The number of ether oxygens (including phenoxy) is 1. The summed E-state index contributed by atoms with van der Waals surface area (Å²) in [5.41, 5.74) is 0.777. The smallest absolute Gasteiger partial charge is 0.326 e. The number of hydrogen-bond donors (Lipinski definition) is 1. The van der Waals surface area contributed by atoms with Gasteiger partial charge in [-0.15, -0.1) is 0 Å². The van der Waals surface area contributed by atoms with Crippen LogP contribution >= 0.6 is 0 Å². The normalized spacial score (nSPS) is 11.7. The van der Waals surface area contributed by atoms with Gasteiger partial charge < -0.3 is 14.7 Å². The molecule has 2 aromatic rings. The molecule has 0 aliphatic carbocycles. The van der Waals surface area contributed by atoms with Crippen molar-refractivity contribution in [3.8, 4) is 11.5 Å². The third-order valence-corrected chi connectivity index (χ3v) is 3.31. The molecule has 0 saturated carbocycles. The second-order valence-corrected chi connectivity index (χ2v) is 4.68. The fourth-order valence-electron chi connectivity index (χ4n) is 2.18. The molecule has 0 aliphatic heterocycles. The standard InChI is InChI=1S/C17H19NO3/c1-3-18(13(2)17(19)20)15-11-7-8-12-16(15)21-14-9-5-4-6-10-14/h4-13H,3H2,1-2H3,(H,19,20)/t13-/m0/s1. The molecule has 1 N–H and O–H groups in total. The van der Waals surface area contributed by atoms with Gasteiger partial charge in [0.15, 0.2) is 5.75 Å². The zero-order valence-corrected chi connectivity index (χ0v) is 12.2. The van der Waals surface area contributed by atoms with Crippen molar-refractivity contribution in [3.63, 3.8) is 0 Å². The topological polar surface area (TPSA) is 49.8 Å². The van der Waals surface area contributed by atoms with Crippen molar-refractivity contribution in [2.75, 3.05) is 11.4 Å². The summed E-state index contributed by atoms with van der Waals surface area (Å²) in [4.78, 5) is 13.1. The van der Waals surface area contributed by atoms with E-state index in [0.717, 1.165) is 11.4 Å². The fourth-order valence-corrected chi connectivity index (χ4v) is 2.18. The first kappa shape index (κ1) is 14.9. The summed E-state index contributed by atoms with van der Waals surface area (Å²) >= 11 is 0. The first-order chi connectivity index (χ1) is 10.1. The Morgan fingerprint density at radius 1 is 1.14 bits per heavy atom. The predicted octanol–water partition coefficient (Wildman–Crippen LogP) is 3.78. The first-order valence-electron chi connectivity index (χ1n) is 6.95. The van der Waals surface area contributed by atoms with E-state index in [4.69, 9.17) is 4.74 Å². The number of anilines is 1. The van der Waals surface area contributed by atoms with Gasteiger partial charge in [0, 0.05) is 6.54 Å². The number of likely N-dealkylation sites (N-methyl/N-ethyl adjacent to an activating group) is 1. The van der Waals surface area contributed by atoms with Crippen LogP contribution in [0.1, 0.15) is 13.8 Å². The molecule has 0 aliphatic rings. The number of carboxylic acids is 1. The minimum atomic E-state index is -0.855. The number of benzene rings is 2. The van der Waals surface area contributed by atoms with Crippen LogP contribution in [0.4, 0.5) is 5.69 Å². The summed E-state index contributed by atoms with van der Waals surface area (Å²) in [6.45, 7) is 4.19. The molecule has 0 aromatic heterocycles. The summed E-state index contributed by atoms with van der Waals surface area (Å²) in [5.74, 6) is 0.522. The second-order valence-electron chi connectivity index (χ2n) is 4.68. The van der Waals surface area contributed by atoms with Crippen molar-refractivity contribution in [2.24, 2.45) is 0 Å². The van der Waals surface area contributed by atoms with Gasteiger partial charge in [0.1, 0.15) is 11.8 Å². The second kappa shape index (κ2) is 6.79. The van der Waals surface area contributed by atoms with Crippen molar-refractivity contribution >= 4 is 11.7 Å². The highest BCUT2D eigenvalue weighted by Gasteiger charge is 2.22. The lowest BCUT2D eigenvalue weighted by atomic mass is 10.2. The lowest BCUT2D eigenvalue weighted by Crippen LogP contribution is -2.39. The zero-order valence-electron chi connectivity index (χ0n) is 12.2. The number of rotatable bonds is 6. The summed E-state index contributed by atoms with van der Waals surface area (Å²) in [7, 11) is 0. The minimum Gasteiger partial charge on any atom is -0.480 e. The SMILES string of the molecule is CCN(c1ccccc1Oc1ccccc1)[C@@H](C)C(=O)O. The van der Waals surface area contributed by atoms with E-state index in [2.05, 4.69) is 0 Å². The van der Waals surface area contributed by atoms with Crippen molar-refractivity contribution in [3.05, 3.63) is 54.6 Å². The number of carboxylic acid groups (broad SMARTS) is 1. The molecule has 21 heavy (non-hydrogen) atoms. The Morgan fingerprint density at radius 2 is 1.76 bits per heavy atom. The van der Waals surface area contributed by atoms with Gasteiger partial charge in [0.25, 0.3) is 0 Å². The number of aliphatic carboxylic acids is 1. The first-order valence-corrected chi connectivity index (χ1v) is 6.95. The Hall–Kier alpha value is -2.49. The van der Waals surface area contributed by atoms with Crippen LogP contribution in [0.5, 0.6) is 11.5 Å². The van der Waals surface area contributed by atoms with Gasteiger partial charge in [0.05, 0.1) is 5.69 Å². The molecule has 1 atom stereocenters. The maximum Gasteiger partial charge on any atom is 0.326 e. The third kappa shape index (κ3) is 3.54. The predicted molar refractivity (Wildman–Crippen MR) is 83.1 cm³/mol. The van der Waals surface area contributed by atoms with Crippen molar-refractivity contribution < 1.29 is 14.6 Å². The number of hydrogen-bond acceptors (Lipinski definition) is 3. The van der Waals surface area contributed by atoms with E-state index in [1.165, 1.54) is 0 Å². The Kier molecular flexibility index (Phi) is 4.82. The van der Waals surface area contributed by atoms with E-state index in [0.29, 0.717) is 12.3 Å². The maximum absolute atomic E-state index is 11.3. The quantitative estimate of drug-likeness (QED) is 0.877. The van der Waals surface area contributed by atoms with E-state index >= 15 is 0 Å². The molecule has 0 spiro atoms. The minimum absolute atomic E-state index is 0.586. The van der Waals surface area contributed by atoms with Crippen LogP contribution in [0, 0.1) is 0 Å². The molecule has 4 nitrogen and oxygen atoms in total. The van der Waals surface area contributed by atoms with E-state index < -0.39 is 12.0 Å². The van der Waals surface area contributed by atoms with Gasteiger partial charge in [-0.1, -0.05) is 30.3 Å². The molecule has 0 amide bonds. The van der Waals surface area contributed by atoms with Crippen LogP contribution in [0.3, 0.4) is 0 Å². The Bertz CT molecular complexity index is 598. The van der Waals surface area contributed by atoms with E-state index in [1.54, 1.807) is 11.8 Å². The molecule has 4 heteroatoms. The molecule has 0 unspecified atom stereocenters. The van der Waals surface area contributed by atoms with Gasteiger partial charge in [-0.25, -0.2) is 4.79 Å². The summed E-state index contributed by atoms with van der Waals surface area (Å²) in [6.07, 6.45) is 0. The molecule has 0 bridgehead atoms. The monoisotopic (exact) mass is 285 g/mol. The molecule has 0 radical (unpaired) electrons. The van der Waals surface area contributed by atoms with Gasteiger partial charge in [-0.2, -0.15) is 0 Å². The lowest BCUT2D eigenvalue weighted by molar-refractivity contribution is -0.138. The number of nitrogens with zero attached hydrogens (tertiary/aromatic N) is 1. The maximum atomic E-state index is 11.3. The van der Waals surface area contributed by atoms with Crippen LogP contribution in [0.15, 0.2) is 54.6 Å². The van der Waals surface area contributed by atoms with Crippen molar-refractivity contribution in [1.82, 2.24) is 0 Å². The van der Waals surface area contributed by atoms with Crippen LogP contribution in [-0.2, 0) is 4.79 Å². The largest absolute Gasteiger partial charge is 0.480 e. The molecular weight excluding hydrogens is 266 g/mol. The van der Waals surface area contributed by atoms with Crippen LogP contribution < -0.4 is 9.64 Å². The van der Waals surface area contributed by atoms with Gasteiger partial charge in [0.2, 0.25) is 0 Å². The Balaban J connectivity index is 2.33. The van der Waals surface area contributed by atoms with Gasteiger partial charge >= 0.3 is 5.97 Å². The molecule has 2 aromatic carbocycles. The van der Waals surface area contributed by atoms with Crippen LogP contribution in [0.2, 0.25) is 0 Å². The van der Waals surface area contributed by atoms with E-state index in [-0.39, 0.29) is 0 Å². The number of para-hydroxylation sites is 3. The average Bonchev–Trinajstić information content (AvgIpc) is 2.50.